The van der Waals surface area contributed by atoms with Gasteiger partial charge in [-0.1, -0.05) is 22.8 Å². The van der Waals surface area contributed by atoms with E-state index in [0.717, 1.165) is 5.56 Å². The lowest BCUT2D eigenvalue weighted by Crippen LogP contribution is -2.14. The number of hydrogen-bond donors (Lipinski definition) is 2. The number of nitrogens with two attached hydrogens (primary N) is 1. The Balaban J connectivity index is 2.42. The lowest BCUT2D eigenvalue weighted by molar-refractivity contribution is 0.318. The second-order valence-corrected chi connectivity index (χ2v) is 4.35. The van der Waals surface area contributed by atoms with Crippen molar-refractivity contribution in [3.8, 4) is 11.6 Å². The van der Waals surface area contributed by atoms with Crippen LogP contribution in [0.5, 0.6) is 11.6 Å². The first-order valence-electron chi connectivity index (χ1n) is 5.59. The molecule has 0 aliphatic carbocycles. The summed E-state index contributed by atoms with van der Waals surface area (Å²) in [5.74, 6) is -0.270. The number of benzene rings is 1. The Morgan fingerprint density at radius 1 is 1.45 bits per heavy atom. The van der Waals surface area contributed by atoms with E-state index in [1.807, 2.05) is 0 Å². The van der Waals surface area contributed by atoms with Crippen molar-refractivity contribution in [3.05, 3.63) is 52.4 Å². The Labute approximate surface area is 119 Å². The molecule has 5 nitrogen and oxygen atoms in total. The average molecular weight is 296 g/mol. The predicted octanol–water partition coefficient (Wildman–Crippen LogP) is 3.07. The SMILES string of the molecule is Cc1ccc(F)cc1Oc1nccc(/C(N)=N/O)c1Cl. The maximum Gasteiger partial charge on any atom is 0.238 e. The highest BCUT2D eigenvalue weighted by atomic mass is 35.5. The maximum absolute atomic E-state index is 13.2. The summed E-state index contributed by atoms with van der Waals surface area (Å²) >= 11 is 6.07. The fraction of sp³-hybridized carbons (Fsp3) is 0.0769. The van der Waals surface area contributed by atoms with Crippen LogP contribution in [-0.4, -0.2) is 16.0 Å². The molecule has 20 heavy (non-hydrogen) atoms. The molecule has 2 aromatic rings. The van der Waals surface area contributed by atoms with Crippen molar-refractivity contribution in [3.63, 3.8) is 0 Å². The van der Waals surface area contributed by atoms with E-state index in [4.69, 9.17) is 27.3 Å². The summed E-state index contributed by atoms with van der Waals surface area (Å²) < 4.78 is 18.7. The second-order valence-electron chi connectivity index (χ2n) is 3.97. The number of halogens is 2. The molecule has 1 aromatic carbocycles. The van der Waals surface area contributed by atoms with Crippen LogP contribution < -0.4 is 10.5 Å². The Morgan fingerprint density at radius 3 is 2.90 bits per heavy atom. The zero-order chi connectivity index (χ0) is 14.7. The third-order valence-corrected chi connectivity index (χ3v) is 2.96. The third-order valence-electron chi connectivity index (χ3n) is 2.60. The van der Waals surface area contributed by atoms with Crippen LogP contribution in [0.15, 0.2) is 35.6 Å². The van der Waals surface area contributed by atoms with Crippen LogP contribution in [0.2, 0.25) is 5.02 Å². The van der Waals surface area contributed by atoms with Crippen molar-refractivity contribution in [1.82, 2.24) is 4.98 Å². The van der Waals surface area contributed by atoms with E-state index in [2.05, 4.69) is 10.1 Å². The molecule has 7 heteroatoms. The lowest BCUT2D eigenvalue weighted by Gasteiger charge is -2.11. The van der Waals surface area contributed by atoms with Crippen molar-refractivity contribution >= 4 is 17.4 Å². The zero-order valence-electron chi connectivity index (χ0n) is 10.5. The first kappa shape index (κ1) is 14.1. The fourth-order valence-electron chi connectivity index (χ4n) is 1.54. The van der Waals surface area contributed by atoms with Crippen molar-refractivity contribution in [2.75, 3.05) is 0 Å². The van der Waals surface area contributed by atoms with Crippen molar-refractivity contribution in [2.24, 2.45) is 10.9 Å². The lowest BCUT2D eigenvalue weighted by atomic mass is 10.2. The number of ether oxygens (including phenoxy) is 1. The quantitative estimate of drug-likeness (QED) is 0.395. The number of pyridine rings is 1. The first-order valence-corrected chi connectivity index (χ1v) is 5.97. The van der Waals surface area contributed by atoms with Gasteiger partial charge in [0.05, 0.1) is 0 Å². The van der Waals surface area contributed by atoms with E-state index in [0.29, 0.717) is 0 Å². The molecule has 0 bridgehead atoms. The molecule has 0 saturated heterocycles. The molecule has 0 aliphatic rings. The van der Waals surface area contributed by atoms with Crippen LogP contribution in [0.3, 0.4) is 0 Å². The van der Waals surface area contributed by atoms with E-state index in [9.17, 15) is 4.39 Å². The summed E-state index contributed by atoms with van der Waals surface area (Å²) in [6.45, 7) is 1.76. The molecule has 0 spiro atoms. The van der Waals surface area contributed by atoms with Crippen LogP contribution in [0.1, 0.15) is 11.1 Å². The maximum atomic E-state index is 13.2. The van der Waals surface area contributed by atoms with Crippen LogP contribution in [0.25, 0.3) is 0 Å². The normalized spacial score (nSPS) is 11.4. The molecule has 0 amide bonds. The summed E-state index contributed by atoms with van der Waals surface area (Å²) in [7, 11) is 0. The largest absolute Gasteiger partial charge is 0.437 e. The molecular formula is C13H11ClFN3O2. The molecule has 2 rings (SSSR count). The minimum atomic E-state index is -0.436. The molecular weight excluding hydrogens is 285 g/mol. The highest BCUT2D eigenvalue weighted by Gasteiger charge is 2.14. The summed E-state index contributed by atoms with van der Waals surface area (Å²) in [6, 6.07) is 5.60. The number of aromatic nitrogens is 1. The Hall–Kier alpha value is -2.34. The molecule has 0 atom stereocenters. The second kappa shape index (κ2) is 5.75. The molecule has 1 heterocycles. The number of amidine groups is 1. The summed E-state index contributed by atoms with van der Waals surface area (Å²) in [6.07, 6.45) is 1.39. The topological polar surface area (TPSA) is 80.7 Å². The van der Waals surface area contributed by atoms with Gasteiger partial charge in [0.15, 0.2) is 5.84 Å². The first-order chi connectivity index (χ1) is 9.52. The van der Waals surface area contributed by atoms with Gasteiger partial charge in [-0.3, -0.25) is 0 Å². The van der Waals surface area contributed by atoms with Gasteiger partial charge in [-0.15, -0.1) is 0 Å². The van der Waals surface area contributed by atoms with E-state index in [-0.39, 0.29) is 28.1 Å². The Bertz CT molecular complexity index is 677. The number of nitrogens with zero attached hydrogens (tertiary/aromatic N) is 2. The summed E-state index contributed by atoms with van der Waals surface area (Å²) in [4.78, 5) is 3.95. The number of aryl methyl sites for hydroxylation is 1. The smallest absolute Gasteiger partial charge is 0.238 e. The van der Waals surface area contributed by atoms with Crippen LogP contribution in [-0.2, 0) is 0 Å². The van der Waals surface area contributed by atoms with E-state index < -0.39 is 5.82 Å². The van der Waals surface area contributed by atoms with Gasteiger partial charge in [0.25, 0.3) is 0 Å². The van der Waals surface area contributed by atoms with Gasteiger partial charge < -0.3 is 15.7 Å². The van der Waals surface area contributed by atoms with Crippen LogP contribution in [0, 0.1) is 12.7 Å². The Kier molecular flexibility index (Phi) is 4.05. The molecule has 1 aromatic heterocycles. The van der Waals surface area contributed by atoms with Crippen LogP contribution in [0.4, 0.5) is 4.39 Å². The number of rotatable bonds is 3. The van der Waals surface area contributed by atoms with Gasteiger partial charge in [-0.25, -0.2) is 9.37 Å². The molecule has 104 valence electrons. The monoisotopic (exact) mass is 295 g/mol. The van der Waals surface area contributed by atoms with Gasteiger partial charge in [0.1, 0.15) is 16.6 Å². The van der Waals surface area contributed by atoms with Crippen LogP contribution >= 0.6 is 11.6 Å². The fourth-order valence-corrected chi connectivity index (χ4v) is 1.78. The molecule has 0 unspecified atom stereocenters. The van der Waals surface area contributed by atoms with E-state index >= 15 is 0 Å². The minimum Gasteiger partial charge on any atom is -0.437 e. The molecule has 0 fully saturated rings. The number of hydrogen-bond acceptors (Lipinski definition) is 4. The predicted molar refractivity (Wildman–Crippen MR) is 73.0 cm³/mol. The van der Waals surface area contributed by atoms with Crippen molar-refractivity contribution in [2.45, 2.75) is 6.92 Å². The standard InChI is InChI=1S/C13H11ClFN3O2/c1-7-2-3-8(15)6-10(7)20-13-11(14)9(4-5-17-13)12(16)18-19/h2-6,19H,1H3,(H2,16,18). The van der Waals surface area contributed by atoms with Gasteiger partial charge in [-0.05, 0) is 24.6 Å². The summed E-state index contributed by atoms with van der Waals surface area (Å²) in [5.41, 5.74) is 6.48. The third kappa shape index (κ3) is 2.80. The van der Waals surface area contributed by atoms with Crippen molar-refractivity contribution in [1.29, 1.82) is 0 Å². The molecule has 0 radical (unpaired) electrons. The average Bonchev–Trinajstić information content (AvgIpc) is 2.44. The van der Waals surface area contributed by atoms with Crippen molar-refractivity contribution < 1.29 is 14.3 Å². The zero-order valence-corrected chi connectivity index (χ0v) is 11.2. The molecule has 0 aliphatic heterocycles. The van der Waals surface area contributed by atoms with Gasteiger partial charge in [0, 0.05) is 17.8 Å². The molecule has 3 N–H and O–H groups in total. The van der Waals surface area contributed by atoms with Gasteiger partial charge in [0.2, 0.25) is 5.88 Å². The van der Waals surface area contributed by atoms with E-state index in [1.54, 1.807) is 13.0 Å². The van der Waals surface area contributed by atoms with Gasteiger partial charge in [-0.2, -0.15) is 0 Å². The Morgan fingerprint density at radius 2 is 2.20 bits per heavy atom. The molecule has 0 saturated carbocycles. The minimum absolute atomic E-state index is 0.0458. The van der Waals surface area contributed by atoms with Gasteiger partial charge >= 0.3 is 0 Å². The highest BCUT2D eigenvalue weighted by Crippen LogP contribution is 2.31. The number of oxime groups is 1. The summed E-state index contributed by atoms with van der Waals surface area (Å²) in [5, 5.41) is 11.6. The highest BCUT2D eigenvalue weighted by molar-refractivity contribution is 6.35. The van der Waals surface area contributed by atoms with E-state index in [1.165, 1.54) is 24.4 Å².